The summed E-state index contributed by atoms with van der Waals surface area (Å²) in [5.74, 6) is 0.212. The normalized spacial score (nSPS) is 17.6. The molecule has 2 amide bonds. The first-order valence-corrected chi connectivity index (χ1v) is 6.52. The molecule has 1 aliphatic rings. The van der Waals surface area contributed by atoms with Gasteiger partial charge in [-0.3, -0.25) is 9.59 Å². The van der Waals surface area contributed by atoms with Gasteiger partial charge >= 0.3 is 0 Å². The van der Waals surface area contributed by atoms with Crippen LogP contribution in [-0.2, 0) is 14.3 Å². The number of carbonyl (C=O) groups is 2. The predicted octanol–water partition coefficient (Wildman–Crippen LogP) is 0.929. The second kappa shape index (κ2) is 6.91. The molecule has 20 heavy (non-hydrogen) atoms. The van der Waals surface area contributed by atoms with Gasteiger partial charge in [-0.05, 0) is 37.1 Å². The summed E-state index contributed by atoms with van der Waals surface area (Å²) >= 11 is 0. The first-order chi connectivity index (χ1) is 9.69. The van der Waals surface area contributed by atoms with E-state index in [1.165, 1.54) is 0 Å². The van der Waals surface area contributed by atoms with Gasteiger partial charge in [0.2, 0.25) is 11.8 Å². The number of amides is 2. The maximum Gasteiger partial charge on any atom is 0.249 e. The maximum absolute atomic E-state index is 11.7. The molecule has 1 atom stereocenters. The number of nitrogens with one attached hydrogen (secondary N) is 2. The fraction of sp³-hybridized carbons (Fsp3) is 0.429. The Hall–Kier alpha value is -2.08. The summed E-state index contributed by atoms with van der Waals surface area (Å²) in [5.41, 5.74) is 0.655. The summed E-state index contributed by atoms with van der Waals surface area (Å²) in [6.45, 7) is 0.543. The molecule has 1 fully saturated rings. The molecule has 0 aromatic heterocycles. The van der Waals surface area contributed by atoms with Crippen molar-refractivity contribution in [1.82, 2.24) is 5.32 Å². The third kappa shape index (κ3) is 3.96. The second-order valence-electron chi connectivity index (χ2n) is 4.50. The molecule has 6 heteroatoms. The quantitative estimate of drug-likeness (QED) is 0.840. The average Bonchev–Trinajstić information content (AvgIpc) is 3.00. The third-order valence-corrected chi connectivity index (χ3v) is 3.02. The molecule has 0 aliphatic carbocycles. The van der Waals surface area contributed by atoms with Crippen LogP contribution in [0.15, 0.2) is 24.3 Å². The number of anilines is 1. The Kier molecular flexibility index (Phi) is 4.95. The largest absolute Gasteiger partial charge is 0.497 e. The molecule has 0 radical (unpaired) electrons. The van der Waals surface area contributed by atoms with Crippen LogP contribution in [0.3, 0.4) is 0 Å². The molecule has 1 aliphatic heterocycles. The number of carbonyl (C=O) groups excluding carboxylic acids is 2. The fourth-order valence-electron chi connectivity index (χ4n) is 1.95. The summed E-state index contributed by atoms with van der Waals surface area (Å²) in [6.07, 6.45) is 1.19. The van der Waals surface area contributed by atoms with Crippen molar-refractivity contribution in [2.24, 2.45) is 0 Å². The van der Waals surface area contributed by atoms with Crippen LogP contribution in [0.2, 0.25) is 0 Å². The van der Waals surface area contributed by atoms with Gasteiger partial charge in [0.1, 0.15) is 11.9 Å². The molecule has 2 rings (SSSR count). The highest BCUT2D eigenvalue weighted by molar-refractivity contribution is 5.95. The van der Waals surface area contributed by atoms with E-state index < -0.39 is 6.10 Å². The Bertz CT molecular complexity index is 467. The van der Waals surface area contributed by atoms with E-state index in [9.17, 15) is 9.59 Å². The first-order valence-electron chi connectivity index (χ1n) is 6.52. The molecule has 108 valence electrons. The first kappa shape index (κ1) is 14.3. The molecule has 1 unspecified atom stereocenters. The van der Waals surface area contributed by atoms with Crippen LogP contribution in [0, 0.1) is 0 Å². The highest BCUT2D eigenvalue weighted by Gasteiger charge is 2.23. The molecule has 1 aromatic carbocycles. The van der Waals surface area contributed by atoms with E-state index in [4.69, 9.17) is 9.47 Å². The maximum atomic E-state index is 11.7. The van der Waals surface area contributed by atoms with Crippen molar-refractivity contribution >= 4 is 17.5 Å². The van der Waals surface area contributed by atoms with Crippen LogP contribution in [0.4, 0.5) is 5.69 Å². The van der Waals surface area contributed by atoms with E-state index >= 15 is 0 Å². The van der Waals surface area contributed by atoms with E-state index in [1.807, 2.05) is 0 Å². The van der Waals surface area contributed by atoms with Gasteiger partial charge in [0.05, 0.1) is 13.7 Å². The zero-order chi connectivity index (χ0) is 14.4. The van der Waals surface area contributed by atoms with Crippen molar-refractivity contribution in [3.63, 3.8) is 0 Å². The summed E-state index contributed by atoms with van der Waals surface area (Å²) in [4.78, 5) is 23.3. The highest BCUT2D eigenvalue weighted by atomic mass is 16.5. The molecule has 0 spiro atoms. The SMILES string of the molecule is COc1ccc(NC(=O)CNC(=O)C2CCCO2)cc1. The van der Waals surface area contributed by atoms with Crippen LogP contribution in [0.5, 0.6) is 5.75 Å². The summed E-state index contributed by atoms with van der Waals surface area (Å²) in [7, 11) is 1.58. The molecule has 1 saturated heterocycles. The zero-order valence-corrected chi connectivity index (χ0v) is 11.3. The van der Waals surface area contributed by atoms with Crippen molar-refractivity contribution < 1.29 is 19.1 Å². The van der Waals surface area contributed by atoms with E-state index in [0.29, 0.717) is 18.7 Å². The van der Waals surface area contributed by atoms with Crippen LogP contribution >= 0.6 is 0 Å². The van der Waals surface area contributed by atoms with Gasteiger partial charge < -0.3 is 20.1 Å². The van der Waals surface area contributed by atoms with Gasteiger partial charge in [0.25, 0.3) is 0 Å². The van der Waals surface area contributed by atoms with Crippen LogP contribution in [0.1, 0.15) is 12.8 Å². The van der Waals surface area contributed by atoms with Crippen LogP contribution < -0.4 is 15.4 Å². The third-order valence-electron chi connectivity index (χ3n) is 3.02. The van der Waals surface area contributed by atoms with Crippen molar-refractivity contribution in [3.8, 4) is 5.75 Å². The molecule has 1 heterocycles. The van der Waals surface area contributed by atoms with Gasteiger partial charge in [-0.25, -0.2) is 0 Å². The van der Waals surface area contributed by atoms with E-state index in [2.05, 4.69) is 10.6 Å². The minimum atomic E-state index is -0.413. The number of rotatable bonds is 5. The van der Waals surface area contributed by atoms with Gasteiger partial charge in [-0.15, -0.1) is 0 Å². The van der Waals surface area contributed by atoms with Gasteiger partial charge in [0, 0.05) is 12.3 Å². The second-order valence-corrected chi connectivity index (χ2v) is 4.50. The number of benzene rings is 1. The Morgan fingerprint density at radius 1 is 1.35 bits per heavy atom. The monoisotopic (exact) mass is 278 g/mol. The highest BCUT2D eigenvalue weighted by Crippen LogP contribution is 2.15. The Morgan fingerprint density at radius 3 is 2.70 bits per heavy atom. The van der Waals surface area contributed by atoms with Crippen molar-refractivity contribution in [3.05, 3.63) is 24.3 Å². The Balaban J connectivity index is 1.75. The van der Waals surface area contributed by atoms with Crippen LogP contribution in [-0.4, -0.2) is 38.2 Å². The lowest BCUT2D eigenvalue weighted by Crippen LogP contribution is -2.39. The molecule has 0 saturated carbocycles. The van der Waals surface area contributed by atoms with Crippen LogP contribution in [0.25, 0.3) is 0 Å². The van der Waals surface area contributed by atoms with Gasteiger partial charge in [0.15, 0.2) is 0 Å². The van der Waals surface area contributed by atoms with Crippen molar-refractivity contribution in [2.45, 2.75) is 18.9 Å². The van der Waals surface area contributed by atoms with Gasteiger partial charge in [-0.2, -0.15) is 0 Å². The van der Waals surface area contributed by atoms with E-state index in [1.54, 1.807) is 31.4 Å². The predicted molar refractivity (Wildman–Crippen MR) is 73.6 cm³/mol. The van der Waals surface area contributed by atoms with E-state index in [-0.39, 0.29) is 18.4 Å². The average molecular weight is 278 g/mol. The minimum absolute atomic E-state index is 0.0648. The minimum Gasteiger partial charge on any atom is -0.497 e. The Morgan fingerprint density at radius 2 is 2.10 bits per heavy atom. The number of hydrogen-bond donors (Lipinski definition) is 2. The molecular formula is C14H18N2O4. The Labute approximate surface area is 117 Å². The van der Waals surface area contributed by atoms with E-state index in [0.717, 1.165) is 12.2 Å². The molecule has 1 aromatic rings. The molecule has 2 N–H and O–H groups in total. The number of methoxy groups -OCH3 is 1. The smallest absolute Gasteiger partial charge is 0.249 e. The zero-order valence-electron chi connectivity index (χ0n) is 11.3. The number of hydrogen-bond acceptors (Lipinski definition) is 4. The lowest BCUT2D eigenvalue weighted by atomic mass is 10.2. The number of ether oxygens (including phenoxy) is 2. The topological polar surface area (TPSA) is 76.7 Å². The molecule has 6 nitrogen and oxygen atoms in total. The van der Waals surface area contributed by atoms with Crippen molar-refractivity contribution in [1.29, 1.82) is 0 Å². The lowest BCUT2D eigenvalue weighted by Gasteiger charge is -2.10. The van der Waals surface area contributed by atoms with Crippen molar-refractivity contribution in [2.75, 3.05) is 25.6 Å². The standard InChI is InChI=1S/C14H18N2O4/c1-19-11-6-4-10(5-7-11)16-13(17)9-15-14(18)12-3-2-8-20-12/h4-7,12H,2-3,8-9H2,1H3,(H,15,18)(H,16,17). The lowest BCUT2D eigenvalue weighted by molar-refractivity contribution is -0.131. The molecule has 0 bridgehead atoms. The fourth-order valence-corrected chi connectivity index (χ4v) is 1.95. The summed E-state index contributed by atoms with van der Waals surface area (Å²) < 4.78 is 10.3. The van der Waals surface area contributed by atoms with Gasteiger partial charge in [-0.1, -0.05) is 0 Å². The summed E-state index contributed by atoms with van der Waals surface area (Å²) in [6, 6.07) is 6.97. The summed E-state index contributed by atoms with van der Waals surface area (Å²) in [5, 5.41) is 5.26. The molecular weight excluding hydrogens is 260 g/mol.